The van der Waals surface area contributed by atoms with E-state index in [1.165, 1.54) is 12.4 Å². The molecular weight excluding hydrogens is 589 g/mol. The van der Waals surface area contributed by atoms with Crippen molar-refractivity contribution in [2.24, 2.45) is 0 Å². The fourth-order valence-electron chi connectivity index (χ4n) is 4.33. The van der Waals surface area contributed by atoms with Crippen molar-refractivity contribution in [1.82, 2.24) is 9.97 Å². The van der Waals surface area contributed by atoms with Crippen molar-refractivity contribution < 1.29 is 13.2 Å². The summed E-state index contributed by atoms with van der Waals surface area (Å²) >= 11 is 12.3. The lowest BCUT2D eigenvalue weighted by Gasteiger charge is -2.20. The van der Waals surface area contributed by atoms with Crippen molar-refractivity contribution in [1.29, 1.82) is 0 Å². The molecule has 0 amide bonds. The number of hydrogen-bond acceptors (Lipinski definition) is 3. The summed E-state index contributed by atoms with van der Waals surface area (Å²) in [6.45, 7) is 0.179. The Morgan fingerprint density at radius 1 is 0.718 bits per heavy atom. The van der Waals surface area contributed by atoms with Gasteiger partial charge in [0.1, 0.15) is 12.1 Å². The monoisotopic (exact) mass is 609 g/mol. The molecule has 1 heterocycles. The van der Waals surface area contributed by atoms with E-state index in [9.17, 15) is 13.2 Å². The molecule has 0 saturated carbocycles. The van der Waals surface area contributed by atoms with E-state index in [1.807, 2.05) is 66.7 Å². The van der Waals surface area contributed by atoms with Gasteiger partial charge in [-0.15, -0.1) is 24.8 Å². The van der Waals surface area contributed by atoms with Crippen LogP contribution in [0.25, 0.3) is 10.9 Å². The zero-order chi connectivity index (χ0) is 26.0. The molecule has 0 unspecified atom stereocenters. The smallest absolute Gasteiger partial charge is 0.365 e. The van der Waals surface area contributed by atoms with Crippen LogP contribution >= 0.6 is 48.0 Å². The Balaban J connectivity index is 0.00000210. The molecule has 0 atom stereocenters. The van der Waals surface area contributed by atoms with Crippen molar-refractivity contribution in [2.75, 3.05) is 5.32 Å². The van der Waals surface area contributed by atoms with Crippen LogP contribution in [0.3, 0.4) is 0 Å². The minimum absolute atomic E-state index is 0. The summed E-state index contributed by atoms with van der Waals surface area (Å²) in [4.78, 5) is 8.76. The number of fused-ring (bicyclic) bond motifs is 1. The Morgan fingerprint density at radius 3 is 1.90 bits per heavy atom. The van der Waals surface area contributed by atoms with Gasteiger partial charge in [0.25, 0.3) is 0 Å². The first kappa shape index (κ1) is 30.5. The van der Waals surface area contributed by atoms with Crippen molar-refractivity contribution in [3.05, 3.63) is 135 Å². The van der Waals surface area contributed by atoms with Gasteiger partial charge in [-0.1, -0.05) is 65.7 Å². The zero-order valence-electron chi connectivity index (χ0n) is 20.1. The number of alkyl halides is 3. The summed E-state index contributed by atoms with van der Waals surface area (Å²) in [5.74, 6) is 0.422. The third-order valence-electron chi connectivity index (χ3n) is 6.11. The van der Waals surface area contributed by atoms with Crippen LogP contribution < -0.4 is 5.32 Å². The van der Waals surface area contributed by atoms with Gasteiger partial charge >= 0.3 is 6.18 Å². The van der Waals surface area contributed by atoms with E-state index in [0.29, 0.717) is 21.4 Å². The van der Waals surface area contributed by atoms with E-state index in [-0.39, 0.29) is 37.3 Å². The zero-order valence-corrected chi connectivity index (χ0v) is 23.3. The minimum atomic E-state index is -4.40. The number of rotatable bonds is 6. The maximum absolute atomic E-state index is 13.1. The number of nitrogens with one attached hydrogen (secondary N) is 1. The third-order valence-corrected chi connectivity index (χ3v) is 6.62. The number of hydrogen-bond donors (Lipinski definition) is 1. The summed E-state index contributed by atoms with van der Waals surface area (Å²) in [6.07, 6.45) is -2.96. The molecule has 4 aromatic carbocycles. The van der Waals surface area contributed by atoms with E-state index >= 15 is 0 Å². The lowest BCUT2D eigenvalue weighted by Crippen LogP contribution is -2.08. The van der Waals surface area contributed by atoms with E-state index in [1.54, 1.807) is 6.07 Å². The molecule has 0 aliphatic carbocycles. The van der Waals surface area contributed by atoms with Gasteiger partial charge in [-0.05, 0) is 70.8 Å². The van der Waals surface area contributed by atoms with Gasteiger partial charge in [-0.25, -0.2) is 9.97 Å². The second-order valence-corrected chi connectivity index (χ2v) is 9.46. The van der Waals surface area contributed by atoms with Gasteiger partial charge in [0.2, 0.25) is 0 Å². The van der Waals surface area contributed by atoms with Crippen LogP contribution in [0.15, 0.2) is 97.3 Å². The maximum Gasteiger partial charge on any atom is 0.416 e. The van der Waals surface area contributed by atoms with Gasteiger partial charge in [0.15, 0.2) is 0 Å². The second kappa shape index (κ2) is 12.9. The van der Waals surface area contributed by atoms with Gasteiger partial charge in [0, 0.05) is 27.9 Å². The quantitative estimate of drug-likeness (QED) is 0.195. The van der Waals surface area contributed by atoms with E-state index in [4.69, 9.17) is 23.2 Å². The standard InChI is InChI=1S/C29H20Cl2F3N3.2ClH/c30-23-9-4-19(5-10-23)27(20-6-11-24(31)12-7-20)21-8-13-26-25(15-21)28(37-17-36-26)35-16-18-2-1-3-22(14-18)29(32,33)34;;/h1-15,17,27H,16H2,(H,35,36,37);2*1H. The van der Waals surface area contributed by atoms with Gasteiger partial charge in [0.05, 0.1) is 11.1 Å². The van der Waals surface area contributed by atoms with Gasteiger partial charge in [-0.2, -0.15) is 13.2 Å². The van der Waals surface area contributed by atoms with Crippen molar-refractivity contribution >= 4 is 64.7 Å². The highest BCUT2D eigenvalue weighted by Gasteiger charge is 2.30. The summed E-state index contributed by atoms with van der Waals surface area (Å²) < 4.78 is 39.4. The number of halogens is 7. The molecule has 0 bridgehead atoms. The Hall–Kier alpha value is -3.03. The largest absolute Gasteiger partial charge is 0.416 e. The average molecular weight is 611 g/mol. The average Bonchev–Trinajstić information content (AvgIpc) is 2.89. The molecular formula is C29H22Cl4F3N3. The van der Waals surface area contributed by atoms with Crippen LogP contribution in [0, 0.1) is 0 Å². The molecule has 0 aliphatic heterocycles. The van der Waals surface area contributed by atoms with E-state index in [2.05, 4.69) is 15.3 Å². The Bertz CT molecular complexity index is 1500. The first-order valence-corrected chi connectivity index (χ1v) is 12.2. The van der Waals surface area contributed by atoms with Crippen molar-refractivity contribution in [3.63, 3.8) is 0 Å². The molecule has 0 spiro atoms. The molecule has 5 aromatic rings. The van der Waals surface area contributed by atoms with E-state index in [0.717, 1.165) is 39.7 Å². The lowest BCUT2D eigenvalue weighted by atomic mass is 9.85. The molecule has 3 nitrogen and oxygen atoms in total. The van der Waals surface area contributed by atoms with Crippen molar-refractivity contribution in [3.8, 4) is 0 Å². The Morgan fingerprint density at radius 2 is 1.31 bits per heavy atom. The number of aromatic nitrogens is 2. The molecule has 0 aliphatic rings. The van der Waals surface area contributed by atoms with Crippen LogP contribution in [0.1, 0.15) is 33.7 Å². The van der Waals surface area contributed by atoms with Gasteiger partial charge < -0.3 is 5.32 Å². The topological polar surface area (TPSA) is 37.8 Å². The first-order valence-electron chi connectivity index (χ1n) is 11.4. The highest BCUT2D eigenvalue weighted by atomic mass is 35.5. The van der Waals surface area contributed by atoms with Crippen LogP contribution in [0.5, 0.6) is 0 Å². The first-order chi connectivity index (χ1) is 17.8. The number of nitrogens with zero attached hydrogens (tertiary/aromatic N) is 2. The van der Waals surface area contributed by atoms with Crippen LogP contribution in [0.4, 0.5) is 19.0 Å². The number of anilines is 1. The van der Waals surface area contributed by atoms with Crippen molar-refractivity contribution in [2.45, 2.75) is 18.6 Å². The Kier molecular flexibility index (Phi) is 10.1. The maximum atomic E-state index is 13.1. The predicted octanol–water partition coefficient (Wildman–Crippen LogP) is 9.59. The molecule has 0 radical (unpaired) electrons. The second-order valence-electron chi connectivity index (χ2n) is 8.59. The molecule has 0 saturated heterocycles. The minimum Gasteiger partial charge on any atom is -0.365 e. The molecule has 1 N–H and O–H groups in total. The molecule has 10 heteroatoms. The SMILES string of the molecule is Cl.Cl.FC(F)(F)c1cccc(CNc2ncnc3ccc(C(c4ccc(Cl)cc4)c4ccc(Cl)cc4)cc23)c1. The summed E-state index contributed by atoms with van der Waals surface area (Å²) in [7, 11) is 0. The van der Waals surface area contributed by atoms with Crippen LogP contribution in [0.2, 0.25) is 10.0 Å². The summed E-state index contributed by atoms with van der Waals surface area (Å²) in [5, 5.41) is 5.24. The third kappa shape index (κ3) is 7.14. The molecule has 1 aromatic heterocycles. The van der Waals surface area contributed by atoms with E-state index < -0.39 is 11.7 Å². The van der Waals surface area contributed by atoms with Gasteiger partial charge in [-0.3, -0.25) is 0 Å². The Labute approximate surface area is 246 Å². The highest BCUT2D eigenvalue weighted by molar-refractivity contribution is 6.30. The lowest BCUT2D eigenvalue weighted by molar-refractivity contribution is -0.137. The van der Waals surface area contributed by atoms with Crippen LogP contribution in [-0.2, 0) is 12.7 Å². The normalized spacial score (nSPS) is 11.1. The summed E-state index contributed by atoms with van der Waals surface area (Å²) in [6, 6.07) is 26.5. The number of benzene rings is 4. The predicted molar refractivity (Wildman–Crippen MR) is 157 cm³/mol. The fraction of sp³-hybridized carbons (Fsp3) is 0.103. The summed E-state index contributed by atoms with van der Waals surface area (Å²) in [5.41, 5.74) is 3.61. The molecule has 39 heavy (non-hydrogen) atoms. The van der Waals surface area contributed by atoms with Crippen LogP contribution in [-0.4, -0.2) is 9.97 Å². The molecule has 202 valence electrons. The molecule has 0 fully saturated rings. The highest BCUT2D eigenvalue weighted by Crippen LogP contribution is 2.36. The fourth-order valence-corrected chi connectivity index (χ4v) is 4.58. The molecule has 5 rings (SSSR count).